The highest BCUT2D eigenvalue weighted by Crippen LogP contribution is 2.43. The minimum absolute atomic E-state index is 0.0541. The number of hydrogen-bond acceptors (Lipinski definition) is 3. The molecular formula is C9H7BrF2O3. The fourth-order valence-electron chi connectivity index (χ4n) is 1.18. The van der Waals surface area contributed by atoms with E-state index in [0.29, 0.717) is 4.47 Å². The van der Waals surface area contributed by atoms with Crippen LogP contribution in [0.15, 0.2) is 16.6 Å². The SMILES string of the molecule is Oc1c(Br)ccc2c1OCC(F)(F)CO2. The van der Waals surface area contributed by atoms with Gasteiger partial charge in [-0.1, -0.05) is 0 Å². The van der Waals surface area contributed by atoms with Crippen LogP contribution in [-0.2, 0) is 0 Å². The second-order valence-electron chi connectivity index (χ2n) is 3.16. The number of hydrogen-bond donors (Lipinski definition) is 1. The number of alkyl halides is 2. The Kier molecular flexibility index (Phi) is 2.46. The van der Waals surface area contributed by atoms with Crippen LogP contribution in [-0.4, -0.2) is 24.2 Å². The Morgan fingerprint density at radius 2 is 1.93 bits per heavy atom. The maximum absolute atomic E-state index is 12.9. The van der Waals surface area contributed by atoms with Crippen molar-refractivity contribution in [3.05, 3.63) is 16.6 Å². The number of aromatic hydroxyl groups is 1. The van der Waals surface area contributed by atoms with Crippen molar-refractivity contribution in [1.29, 1.82) is 0 Å². The summed E-state index contributed by atoms with van der Waals surface area (Å²) >= 11 is 3.06. The standard InChI is InChI=1S/C9H7BrF2O3/c10-5-1-2-6-8(7(5)13)15-4-9(11,12)3-14-6/h1-2,13H,3-4H2. The Labute approximate surface area is 92.7 Å². The Hall–Kier alpha value is -1.04. The smallest absolute Gasteiger partial charge is 0.314 e. The molecule has 0 saturated heterocycles. The van der Waals surface area contributed by atoms with Crippen LogP contribution in [0.3, 0.4) is 0 Å². The van der Waals surface area contributed by atoms with E-state index in [1.165, 1.54) is 12.1 Å². The predicted molar refractivity (Wildman–Crippen MR) is 51.7 cm³/mol. The highest BCUT2D eigenvalue weighted by Gasteiger charge is 2.35. The van der Waals surface area contributed by atoms with Gasteiger partial charge >= 0.3 is 5.92 Å². The molecule has 1 aliphatic heterocycles. The van der Waals surface area contributed by atoms with Gasteiger partial charge in [-0.05, 0) is 28.1 Å². The van der Waals surface area contributed by atoms with Gasteiger partial charge in [0.05, 0.1) is 4.47 Å². The van der Waals surface area contributed by atoms with Crippen molar-refractivity contribution in [3.63, 3.8) is 0 Å². The Bertz CT molecular complexity index is 395. The predicted octanol–water partition coefficient (Wildman–Crippen LogP) is 2.56. The van der Waals surface area contributed by atoms with E-state index in [4.69, 9.17) is 9.47 Å². The van der Waals surface area contributed by atoms with Crippen LogP contribution in [0.4, 0.5) is 8.78 Å². The number of halogens is 3. The van der Waals surface area contributed by atoms with E-state index in [1.807, 2.05) is 0 Å². The molecule has 1 aliphatic rings. The lowest BCUT2D eigenvalue weighted by Crippen LogP contribution is -2.30. The number of fused-ring (bicyclic) bond motifs is 1. The molecular weight excluding hydrogens is 274 g/mol. The van der Waals surface area contributed by atoms with E-state index in [2.05, 4.69) is 15.9 Å². The van der Waals surface area contributed by atoms with Gasteiger partial charge in [-0.15, -0.1) is 0 Å². The van der Waals surface area contributed by atoms with E-state index in [0.717, 1.165) is 0 Å². The summed E-state index contributed by atoms with van der Waals surface area (Å²) in [5.74, 6) is -3.21. The summed E-state index contributed by atoms with van der Waals surface area (Å²) in [6.45, 7) is -1.55. The van der Waals surface area contributed by atoms with Gasteiger partial charge in [0.15, 0.2) is 24.7 Å². The number of phenolic OH excluding ortho intramolecular Hbond substituents is 1. The first kappa shape index (κ1) is 10.5. The summed E-state index contributed by atoms with van der Waals surface area (Å²) in [4.78, 5) is 0. The normalized spacial score (nSPS) is 18.3. The minimum atomic E-state index is -3.04. The summed E-state index contributed by atoms with van der Waals surface area (Å²) in [5.41, 5.74) is 0. The Morgan fingerprint density at radius 1 is 1.27 bits per heavy atom. The molecule has 3 nitrogen and oxygen atoms in total. The second kappa shape index (κ2) is 3.52. The van der Waals surface area contributed by atoms with Crippen molar-refractivity contribution in [1.82, 2.24) is 0 Å². The van der Waals surface area contributed by atoms with Crippen molar-refractivity contribution in [2.24, 2.45) is 0 Å². The molecule has 0 radical (unpaired) electrons. The molecule has 1 heterocycles. The quantitative estimate of drug-likeness (QED) is 0.794. The van der Waals surface area contributed by atoms with Gasteiger partial charge in [0.2, 0.25) is 5.75 Å². The molecule has 0 aliphatic carbocycles. The van der Waals surface area contributed by atoms with Gasteiger partial charge in [0.25, 0.3) is 0 Å². The van der Waals surface area contributed by atoms with Gasteiger partial charge in [0.1, 0.15) is 0 Å². The van der Waals surface area contributed by atoms with E-state index in [9.17, 15) is 13.9 Å². The molecule has 1 aromatic carbocycles. The summed E-state index contributed by atoms with van der Waals surface area (Å²) in [5, 5.41) is 9.54. The zero-order valence-electron chi connectivity index (χ0n) is 7.47. The van der Waals surface area contributed by atoms with Crippen LogP contribution in [0.1, 0.15) is 0 Å². The molecule has 82 valence electrons. The van der Waals surface area contributed by atoms with Gasteiger partial charge in [0, 0.05) is 0 Å². The molecule has 1 N–H and O–H groups in total. The van der Waals surface area contributed by atoms with Crippen molar-refractivity contribution in [2.75, 3.05) is 13.2 Å². The number of rotatable bonds is 0. The number of phenols is 1. The molecule has 0 spiro atoms. The monoisotopic (exact) mass is 280 g/mol. The van der Waals surface area contributed by atoms with Crippen LogP contribution in [0.2, 0.25) is 0 Å². The molecule has 0 aromatic heterocycles. The number of benzene rings is 1. The second-order valence-corrected chi connectivity index (χ2v) is 4.01. The topological polar surface area (TPSA) is 38.7 Å². The zero-order valence-corrected chi connectivity index (χ0v) is 9.05. The van der Waals surface area contributed by atoms with E-state index < -0.39 is 19.1 Å². The Balaban J connectivity index is 2.40. The first-order chi connectivity index (χ1) is 6.99. The summed E-state index contributed by atoms with van der Waals surface area (Å²) in [7, 11) is 0. The summed E-state index contributed by atoms with van der Waals surface area (Å²) in [6.07, 6.45) is 0. The highest BCUT2D eigenvalue weighted by atomic mass is 79.9. The van der Waals surface area contributed by atoms with Crippen molar-refractivity contribution in [3.8, 4) is 17.2 Å². The van der Waals surface area contributed by atoms with Crippen LogP contribution in [0.5, 0.6) is 17.2 Å². The fraction of sp³-hybridized carbons (Fsp3) is 0.333. The summed E-state index contributed by atoms with van der Waals surface area (Å²) < 4.78 is 35.9. The highest BCUT2D eigenvalue weighted by molar-refractivity contribution is 9.10. The maximum atomic E-state index is 12.9. The average molecular weight is 281 g/mol. The van der Waals surface area contributed by atoms with Crippen molar-refractivity contribution in [2.45, 2.75) is 5.92 Å². The van der Waals surface area contributed by atoms with Crippen molar-refractivity contribution >= 4 is 15.9 Å². The van der Waals surface area contributed by atoms with Gasteiger partial charge in [-0.25, -0.2) is 0 Å². The van der Waals surface area contributed by atoms with E-state index >= 15 is 0 Å². The van der Waals surface area contributed by atoms with E-state index in [1.54, 1.807) is 0 Å². The molecule has 15 heavy (non-hydrogen) atoms. The molecule has 0 unspecified atom stereocenters. The van der Waals surface area contributed by atoms with Crippen LogP contribution >= 0.6 is 15.9 Å². The minimum Gasteiger partial charge on any atom is -0.503 e. The third kappa shape index (κ3) is 1.99. The lowest BCUT2D eigenvalue weighted by Gasteiger charge is -2.11. The zero-order chi connectivity index (χ0) is 11.1. The first-order valence-electron chi connectivity index (χ1n) is 4.14. The third-order valence-corrected chi connectivity index (χ3v) is 2.55. The first-order valence-corrected chi connectivity index (χ1v) is 4.94. The lowest BCUT2D eigenvalue weighted by atomic mass is 10.3. The van der Waals surface area contributed by atoms with E-state index in [-0.39, 0.29) is 17.2 Å². The summed E-state index contributed by atoms with van der Waals surface area (Å²) in [6, 6.07) is 2.96. The molecule has 0 fully saturated rings. The van der Waals surface area contributed by atoms with Gasteiger partial charge in [-0.2, -0.15) is 8.78 Å². The largest absolute Gasteiger partial charge is 0.503 e. The Morgan fingerprint density at radius 3 is 2.67 bits per heavy atom. The van der Waals surface area contributed by atoms with Gasteiger partial charge in [-0.3, -0.25) is 0 Å². The van der Waals surface area contributed by atoms with Crippen molar-refractivity contribution < 1.29 is 23.4 Å². The molecule has 2 rings (SSSR count). The van der Waals surface area contributed by atoms with Crippen LogP contribution < -0.4 is 9.47 Å². The maximum Gasteiger partial charge on any atom is 0.314 e. The lowest BCUT2D eigenvalue weighted by molar-refractivity contribution is -0.0623. The number of ether oxygens (including phenoxy) is 2. The molecule has 0 amide bonds. The molecule has 0 saturated carbocycles. The molecule has 1 aromatic rings. The third-order valence-electron chi connectivity index (χ3n) is 1.91. The van der Waals surface area contributed by atoms with Crippen LogP contribution in [0.25, 0.3) is 0 Å². The molecule has 0 bridgehead atoms. The molecule has 6 heteroatoms. The fourth-order valence-corrected chi connectivity index (χ4v) is 1.50. The molecule has 0 atom stereocenters. The average Bonchev–Trinajstić information content (AvgIpc) is 2.32. The van der Waals surface area contributed by atoms with Gasteiger partial charge < -0.3 is 14.6 Å². The van der Waals surface area contributed by atoms with Crippen LogP contribution in [0, 0.1) is 0 Å².